The number of aromatic nitrogens is 1. The molecular formula is C21H26N2O3. The van der Waals surface area contributed by atoms with Crippen molar-refractivity contribution in [1.82, 2.24) is 9.88 Å². The van der Waals surface area contributed by atoms with Crippen molar-refractivity contribution in [2.24, 2.45) is 0 Å². The molecule has 0 spiro atoms. The molecule has 1 fully saturated rings. The third-order valence-electron chi connectivity index (χ3n) is 5.13. The molecule has 1 aliphatic rings. The van der Waals surface area contributed by atoms with E-state index in [2.05, 4.69) is 11.1 Å². The molecule has 2 atom stereocenters. The highest BCUT2D eigenvalue weighted by Gasteiger charge is 2.33. The van der Waals surface area contributed by atoms with E-state index in [0.717, 1.165) is 42.1 Å². The number of pyridine rings is 1. The number of carbonyl (C=O) groups is 1. The molecule has 1 saturated heterocycles. The van der Waals surface area contributed by atoms with Crippen LogP contribution in [0.1, 0.15) is 38.2 Å². The van der Waals surface area contributed by atoms with Crippen LogP contribution >= 0.6 is 0 Å². The summed E-state index contributed by atoms with van der Waals surface area (Å²) in [6, 6.07) is 11.6. The summed E-state index contributed by atoms with van der Waals surface area (Å²) in [4.78, 5) is 18.2. The Labute approximate surface area is 154 Å². The monoisotopic (exact) mass is 354 g/mol. The van der Waals surface area contributed by atoms with Gasteiger partial charge in [0.2, 0.25) is 0 Å². The van der Waals surface area contributed by atoms with Crippen LogP contribution in [0.25, 0.3) is 11.3 Å². The van der Waals surface area contributed by atoms with Crippen molar-refractivity contribution in [3.05, 3.63) is 48.2 Å². The number of carboxylic acids is 1. The number of rotatable bonds is 6. The van der Waals surface area contributed by atoms with Crippen molar-refractivity contribution >= 4 is 5.97 Å². The van der Waals surface area contributed by atoms with Crippen LogP contribution in [0.4, 0.5) is 0 Å². The fourth-order valence-corrected chi connectivity index (χ4v) is 3.72. The highest BCUT2D eigenvalue weighted by Crippen LogP contribution is 2.33. The number of aliphatic carboxylic acids is 1. The molecule has 0 radical (unpaired) electrons. The van der Waals surface area contributed by atoms with Crippen LogP contribution in [0.5, 0.6) is 5.75 Å². The molecular weight excluding hydrogens is 328 g/mol. The highest BCUT2D eigenvalue weighted by molar-refractivity contribution is 5.73. The molecule has 138 valence electrons. The van der Waals surface area contributed by atoms with Gasteiger partial charge in [0.05, 0.1) is 12.3 Å². The Morgan fingerprint density at radius 2 is 2.08 bits per heavy atom. The zero-order valence-corrected chi connectivity index (χ0v) is 15.4. The van der Waals surface area contributed by atoms with Crippen LogP contribution in [0.3, 0.4) is 0 Å². The van der Waals surface area contributed by atoms with Gasteiger partial charge in [-0.3, -0.25) is 14.7 Å². The van der Waals surface area contributed by atoms with E-state index >= 15 is 0 Å². The van der Waals surface area contributed by atoms with Gasteiger partial charge in [0.15, 0.2) is 0 Å². The quantitative estimate of drug-likeness (QED) is 0.855. The first-order valence-electron chi connectivity index (χ1n) is 9.29. The molecule has 2 aromatic rings. The molecule has 0 amide bonds. The number of likely N-dealkylation sites (tertiary alicyclic amines) is 1. The molecule has 26 heavy (non-hydrogen) atoms. The second-order valence-corrected chi connectivity index (χ2v) is 6.61. The van der Waals surface area contributed by atoms with E-state index < -0.39 is 12.0 Å². The Morgan fingerprint density at radius 3 is 2.73 bits per heavy atom. The summed E-state index contributed by atoms with van der Waals surface area (Å²) in [7, 11) is 0. The van der Waals surface area contributed by atoms with Crippen LogP contribution in [0, 0.1) is 0 Å². The van der Waals surface area contributed by atoms with E-state index in [4.69, 9.17) is 4.74 Å². The molecule has 1 aromatic heterocycles. The summed E-state index contributed by atoms with van der Waals surface area (Å²) in [5.74, 6) is 0.340. The second-order valence-electron chi connectivity index (χ2n) is 6.61. The number of nitrogens with zero attached hydrogens (tertiary/aromatic N) is 2. The summed E-state index contributed by atoms with van der Waals surface area (Å²) >= 11 is 0. The standard InChI is InChI=1S/C21H26N2O3/c1-3-23-12-11-15(13-19(23)21(24)25)16-9-10-18(22-14-16)17-7-5-6-8-20(17)26-4-2/h5-10,14-15,19H,3-4,11-13H2,1-2H3,(H,24,25). The Kier molecular flexibility index (Phi) is 5.89. The fraction of sp³-hybridized carbons (Fsp3) is 0.429. The number of ether oxygens (including phenoxy) is 1. The lowest BCUT2D eigenvalue weighted by atomic mass is 9.86. The first-order valence-corrected chi connectivity index (χ1v) is 9.29. The van der Waals surface area contributed by atoms with Gasteiger partial charge in [-0.1, -0.05) is 25.1 Å². The predicted octanol–water partition coefficient (Wildman–Crippen LogP) is 3.80. The average molecular weight is 354 g/mol. The summed E-state index contributed by atoms with van der Waals surface area (Å²) < 4.78 is 5.69. The van der Waals surface area contributed by atoms with E-state index in [9.17, 15) is 9.90 Å². The van der Waals surface area contributed by atoms with Crippen molar-refractivity contribution in [3.8, 4) is 17.0 Å². The number of benzene rings is 1. The lowest BCUT2D eigenvalue weighted by Crippen LogP contribution is -2.46. The molecule has 0 saturated carbocycles. The predicted molar refractivity (Wildman–Crippen MR) is 101 cm³/mol. The van der Waals surface area contributed by atoms with E-state index in [-0.39, 0.29) is 5.92 Å². The van der Waals surface area contributed by atoms with Crippen LogP contribution in [0.2, 0.25) is 0 Å². The lowest BCUT2D eigenvalue weighted by molar-refractivity contribution is -0.144. The smallest absolute Gasteiger partial charge is 0.320 e. The molecule has 2 heterocycles. The van der Waals surface area contributed by atoms with Gasteiger partial charge in [-0.15, -0.1) is 0 Å². The number of carboxylic acid groups (broad SMARTS) is 1. The molecule has 1 aliphatic heterocycles. The van der Waals surface area contributed by atoms with Crippen molar-refractivity contribution in [2.45, 2.75) is 38.6 Å². The average Bonchev–Trinajstić information content (AvgIpc) is 2.68. The van der Waals surface area contributed by atoms with Gasteiger partial charge in [0, 0.05) is 11.8 Å². The Morgan fingerprint density at radius 1 is 1.27 bits per heavy atom. The molecule has 1 aromatic carbocycles. The zero-order chi connectivity index (χ0) is 18.5. The number of hydrogen-bond donors (Lipinski definition) is 1. The minimum atomic E-state index is -0.730. The van der Waals surface area contributed by atoms with Gasteiger partial charge in [0.1, 0.15) is 11.8 Å². The second kappa shape index (κ2) is 8.32. The van der Waals surface area contributed by atoms with Crippen LogP contribution in [-0.4, -0.2) is 46.7 Å². The topological polar surface area (TPSA) is 62.7 Å². The van der Waals surface area contributed by atoms with Crippen LogP contribution in [0.15, 0.2) is 42.6 Å². The molecule has 3 rings (SSSR count). The van der Waals surface area contributed by atoms with Crippen LogP contribution < -0.4 is 4.74 Å². The maximum atomic E-state index is 11.6. The van der Waals surface area contributed by atoms with Gasteiger partial charge in [-0.2, -0.15) is 0 Å². The summed E-state index contributed by atoms with van der Waals surface area (Å²) in [6.07, 6.45) is 3.50. The Balaban J connectivity index is 1.79. The van der Waals surface area contributed by atoms with Crippen molar-refractivity contribution in [1.29, 1.82) is 0 Å². The Hall–Kier alpha value is -2.40. The SMILES string of the molecule is CCOc1ccccc1-c1ccc(C2CCN(CC)C(C(=O)O)C2)cn1. The molecule has 5 heteroatoms. The highest BCUT2D eigenvalue weighted by atomic mass is 16.5. The van der Waals surface area contributed by atoms with E-state index in [1.54, 1.807) is 0 Å². The number of hydrogen-bond acceptors (Lipinski definition) is 4. The van der Waals surface area contributed by atoms with Gasteiger partial charge < -0.3 is 9.84 Å². The molecule has 5 nitrogen and oxygen atoms in total. The molecule has 2 unspecified atom stereocenters. The number of likely N-dealkylation sites (N-methyl/N-ethyl adjacent to an activating group) is 1. The lowest BCUT2D eigenvalue weighted by Gasteiger charge is -2.36. The minimum absolute atomic E-state index is 0.239. The third-order valence-corrected chi connectivity index (χ3v) is 5.13. The summed E-state index contributed by atoms with van der Waals surface area (Å²) in [5.41, 5.74) is 2.97. The zero-order valence-electron chi connectivity index (χ0n) is 15.4. The summed E-state index contributed by atoms with van der Waals surface area (Å²) in [6.45, 7) is 6.18. The maximum absolute atomic E-state index is 11.6. The summed E-state index contributed by atoms with van der Waals surface area (Å²) in [5, 5.41) is 9.51. The molecule has 1 N–H and O–H groups in total. The van der Waals surface area contributed by atoms with Crippen molar-refractivity contribution in [2.75, 3.05) is 19.7 Å². The molecule has 0 aliphatic carbocycles. The van der Waals surface area contributed by atoms with Gasteiger partial charge in [-0.25, -0.2) is 0 Å². The van der Waals surface area contributed by atoms with E-state index in [1.807, 2.05) is 55.3 Å². The van der Waals surface area contributed by atoms with Gasteiger partial charge in [0.25, 0.3) is 0 Å². The first kappa shape index (κ1) is 18.4. The minimum Gasteiger partial charge on any atom is -0.493 e. The number of piperidine rings is 1. The Bertz CT molecular complexity index is 745. The van der Waals surface area contributed by atoms with E-state index in [0.29, 0.717) is 13.0 Å². The first-order chi connectivity index (χ1) is 12.6. The van der Waals surface area contributed by atoms with Crippen LogP contribution in [-0.2, 0) is 4.79 Å². The van der Waals surface area contributed by atoms with Gasteiger partial charge >= 0.3 is 5.97 Å². The molecule has 0 bridgehead atoms. The van der Waals surface area contributed by atoms with Crippen molar-refractivity contribution < 1.29 is 14.6 Å². The third kappa shape index (κ3) is 3.88. The largest absolute Gasteiger partial charge is 0.493 e. The van der Waals surface area contributed by atoms with Gasteiger partial charge in [-0.05, 0) is 62.5 Å². The maximum Gasteiger partial charge on any atom is 0.320 e. The van der Waals surface area contributed by atoms with E-state index in [1.165, 1.54) is 0 Å². The number of para-hydroxylation sites is 1. The normalized spacial score (nSPS) is 20.7. The van der Waals surface area contributed by atoms with Crippen molar-refractivity contribution in [3.63, 3.8) is 0 Å². The fourth-order valence-electron chi connectivity index (χ4n) is 3.72.